The number of hydrogen-bond donors (Lipinski definition) is 2. The molecular formula is C10H14N4O2S2. The van der Waals surface area contributed by atoms with Crippen LogP contribution >= 0.6 is 11.3 Å². The van der Waals surface area contributed by atoms with E-state index in [0.717, 1.165) is 12.8 Å². The fourth-order valence-corrected chi connectivity index (χ4v) is 4.45. The van der Waals surface area contributed by atoms with E-state index >= 15 is 0 Å². The van der Waals surface area contributed by atoms with Gasteiger partial charge in [-0.3, -0.25) is 4.40 Å². The number of rotatable bonds is 4. The molecule has 2 aromatic rings. The summed E-state index contributed by atoms with van der Waals surface area (Å²) in [6, 6.07) is 0.0450. The number of nitrogens with two attached hydrogens (primary N) is 1. The number of nitrogens with one attached hydrogen (secondary N) is 1. The third-order valence-electron chi connectivity index (χ3n) is 3.25. The number of sulfonamides is 1. The van der Waals surface area contributed by atoms with Crippen molar-refractivity contribution in [1.82, 2.24) is 14.1 Å². The Labute approximate surface area is 109 Å². The van der Waals surface area contributed by atoms with E-state index in [1.54, 1.807) is 11.6 Å². The van der Waals surface area contributed by atoms with E-state index in [2.05, 4.69) is 16.6 Å². The molecule has 3 rings (SSSR count). The Kier molecular flexibility index (Phi) is 2.61. The van der Waals surface area contributed by atoms with Gasteiger partial charge >= 0.3 is 0 Å². The monoisotopic (exact) mass is 286 g/mol. The smallest absolute Gasteiger partial charge is 0.260 e. The second-order valence-corrected chi connectivity index (χ2v) is 6.99. The predicted molar refractivity (Wildman–Crippen MR) is 70.0 cm³/mol. The summed E-state index contributed by atoms with van der Waals surface area (Å²) in [4.78, 5) is 4.64. The van der Waals surface area contributed by atoms with E-state index in [-0.39, 0.29) is 16.9 Å². The van der Waals surface area contributed by atoms with Crippen LogP contribution in [0, 0.1) is 5.92 Å². The average Bonchev–Trinajstić information content (AvgIpc) is 2.71. The highest BCUT2D eigenvalue weighted by Gasteiger charge is 2.40. The quantitative estimate of drug-likeness (QED) is 0.879. The van der Waals surface area contributed by atoms with Crippen molar-refractivity contribution < 1.29 is 8.42 Å². The lowest BCUT2D eigenvalue weighted by Gasteiger charge is -2.05. The van der Waals surface area contributed by atoms with Crippen LogP contribution in [-0.4, -0.2) is 23.8 Å². The van der Waals surface area contributed by atoms with Gasteiger partial charge in [-0.15, -0.1) is 11.3 Å². The Morgan fingerprint density at radius 2 is 2.44 bits per heavy atom. The lowest BCUT2D eigenvalue weighted by atomic mass is 10.3. The van der Waals surface area contributed by atoms with E-state index in [4.69, 9.17) is 5.73 Å². The van der Waals surface area contributed by atoms with Gasteiger partial charge in [0.05, 0.1) is 0 Å². The van der Waals surface area contributed by atoms with Crippen LogP contribution in [-0.2, 0) is 10.0 Å². The van der Waals surface area contributed by atoms with Gasteiger partial charge < -0.3 is 5.73 Å². The van der Waals surface area contributed by atoms with Crippen molar-refractivity contribution >= 4 is 32.1 Å². The van der Waals surface area contributed by atoms with Crippen molar-refractivity contribution in [2.24, 2.45) is 5.92 Å². The van der Waals surface area contributed by atoms with Gasteiger partial charge in [-0.1, -0.05) is 13.3 Å². The zero-order chi connectivity index (χ0) is 12.9. The minimum absolute atomic E-state index is 0.0450. The molecule has 98 valence electrons. The zero-order valence-electron chi connectivity index (χ0n) is 9.83. The van der Waals surface area contributed by atoms with Crippen LogP contribution in [0.25, 0.3) is 4.96 Å². The number of nitrogen functional groups attached to an aromatic ring is 1. The lowest BCUT2D eigenvalue weighted by molar-refractivity contribution is 0.571. The third kappa shape index (κ3) is 1.80. The molecule has 6 nitrogen and oxygen atoms in total. The van der Waals surface area contributed by atoms with Gasteiger partial charge in [-0.05, 0) is 12.3 Å². The minimum Gasteiger partial charge on any atom is -0.381 e. The number of thiazole rings is 1. The molecule has 0 amide bonds. The Bertz CT molecular complexity index is 688. The highest BCUT2D eigenvalue weighted by Crippen LogP contribution is 2.35. The molecule has 2 unspecified atom stereocenters. The molecule has 0 bridgehead atoms. The second-order valence-electron chi connectivity index (χ2n) is 4.49. The van der Waals surface area contributed by atoms with Gasteiger partial charge in [0, 0.05) is 17.6 Å². The maximum absolute atomic E-state index is 12.3. The molecule has 0 aromatic carbocycles. The summed E-state index contributed by atoms with van der Waals surface area (Å²) in [5.74, 6) is 0.509. The SMILES string of the molecule is CCC1CC1NS(=O)(=O)c1c(N)nc2sccn12. The molecule has 0 aliphatic heterocycles. The van der Waals surface area contributed by atoms with E-state index in [1.807, 2.05) is 0 Å². The summed E-state index contributed by atoms with van der Waals surface area (Å²) in [6.07, 6.45) is 3.56. The minimum atomic E-state index is -3.59. The number of anilines is 1. The van der Waals surface area contributed by atoms with E-state index in [0.29, 0.717) is 10.9 Å². The molecule has 1 saturated carbocycles. The van der Waals surface area contributed by atoms with E-state index in [9.17, 15) is 8.42 Å². The highest BCUT2D eigenvalue weighted by atomic mass is 32.2. The first-order valence-electron chi connectivity index (χ1n) is 5.76. The molecule has 0 spiro atoms. The number of nitrogens with zero attached hydrogens (tertiary/aromatic N) is 2. The standard InChI is InChI=1S/C10H14N4O2S2/c1-2-6-5-7(6)13-18(15,16)9-8(11)12-10-14(9)3-4-17-10/h3-4,6-7,13H,2,5,11H2,1H3. The first kappa shape index (κ1) is 11.9. The molecule has 2 aromatic heterocycles. The van der Waals surface area contributed by atoms with Crippen molar-refractivity contribution in [2.45, 2.75) is 30.8 Å². The van der Waals surface area contributed by atoms with Gasteiger partial charge in [-0.2, -0.15) is 0 Å². The maximum Gasteiger partial charge on any atom is 0.260 e. The Morgan fingerprint density at radius 1 is 1.67 bits per heavy atom. The molecule has 1 aliphatic rings. The fraction of sp³-hybridized carbons (Fsp3) is 0.500. The number of hydrogen-bond acceptors (Lipinski definition) is 5. The molecule has 1 fully saturated rings. The third-order valence-corrected chi connectivity index (χ3v) is 5.54. The predicted octanol–water partition coefficient (Wildman–Crippen LogP) is 1.05. The Balaban J connectivity index is 1.97. The largest absolute Gasteiger partial charge is 0.381 e. The Morgan fingerprint density at radius 3 is 3.11 bits per heavy atom. The number of fused-ring (bicyclic) bond motifs is 1. The molecule has 0 saturated heterocycles. The molecule has 18 heavy (non-hydrogen) atoms. The Hall–Kier alpha value is -1.12. The molecule has 2 atom stereocenters. The molecule has 1 aliphatic carbocycles. The maximum atomic E-state index is 12.3. The summed E-state index contributed by atoms with van der Waals surface area (Å²) in [5, 5.41) is 1.84. The van der Waals surface area contributed by atoms with Crippen molar-refractivity contribution in [1.29, 1.82) is 0 Å². The van der Waals surface area contributed by atoms with Gasteiger partial charge in [0.1, 0.15) is 0 Å². The summed E-state index contributed by atoms with van der Waals surface area (Å²) in [7, 11) is -3.59. The summed E-state index contributed by atoms with van der Waals surface area (Å²) in [5.41, 5.74) is 5.70. The normalized spacial score (nSPS) is 23.6. The topological polar surface area (TPSA) is 89.5 Å². The van der Waals surface area contributed by atoms with Crippen LogP contribution in [0.15, 0.2) is 16.6 Å². The summed E-state index contributed by atoms with van der Waals surface area (Å²) in [6.45, 7) is 2.06. The van der Waals surface area contributed by atoms with Crippen LogP contribution in [0.1, 0.15) is 19.8 Å². The first-order valence-corrected chi connectivity index (χ1v) is 8.12. The van der Waals surface area contributed by atoms with Crippen molar-refractivity contribution in [3.05, 3.63) is 11.6 Å². The molecule has 0 radical (unpaired) electrons. The molecule has 8 heteroatoms. The van der Waals surface area contributed by atoms with Gasteiger partial charge in [0.25, 0.3) is 10.0 Å². The summed E-state index contributed by atoms with van der Waals surface area (Å²) >= 11 is 1.36. The van der Waals surface area contributed by atoms with Gasteiger partial charge in [-0.25, -0.2) is 18.1 Å². The lowest BCUT2D eigenvalue weighted by Crippen LogP contribution is -2.28. The van der Waals surface area contributed by atoms with Crippen LogP contribution < -0.4 is 10.5 Å². The van der Waals surface area contributed by atoms with Crippen LogP contribution in [0.4, 0.5) is 5.82 Å². The molecular weight excluding hydrogens is 272 g/mol. The van der Waals surface area contributed by atoms with Crippen LogP contribution in [0.2, 0.25) is 0 Å². The van der Waals surface area contributed by atoms with Crippen molar-refractivity contribution in [2.75, 3.05) is 5.73 Å². The van der Waals surface area contributed by atoms with Gasteiger partial charge in [0.15, 0.2) is 15.8 Å². The van der Waals surface area contributed by atoms with Gasteiger partial charge in [0.2, 0.25) is 0 Å². The number of aromatic nitrogens is 2. The number of imidazole rings is 1. The average molecular weight is 286 g/mol. The highest BCUT2D eigenvalue weighted by molar-refractivity contribution is 7.89. The van der Waals surface area contributed by atoms with Crippen LogP contribution in [0.5, 0.6) is 0 Å². The second kappa shape index (κ2) is 3.94. The molecule has 2 heterocycles. The van der Waals surface area contributed by atoms with Crippen molar-refractivity contribution in [3.63, 3.8) is 0 Å². The van der Waals surface area contributed by atoms with Crippen molar-refractivity contribution in [3.8, 4) is 0 Å². The van der Waals surface area contributed by atoms with E-state index in [1.165, 1.54) is 15.7 Å². The zero-order valence-corrected chi connectivity index (χ0v) is 11.5. The van der Waals surface area contributed by atoms with Crippen LogP contribution in [0.3, 0.4) is 0 Å². The van der Waals surface area contributed by atoms with E-state index < -0.39 is 10.0 Å². The summed E-state index contributed by atoms with van der Waals surface area (Å²) < 4.78 is 28.8. The first-order chi connectivity index (χ1) is 8.53. The fourth-order valence-electron chi connectivity index (χ4n) is 2.15. The molecule has 3 N–H and O–H groups in total.